The van der Waals surface area contributed by atoms with E-state index >= 15 is 0 Å². The second kappa shape index (κ2) is 5.55. The fourth-order valence-corrected chi connectivity index (χ4v) is 6.87. The van der Waals surface area contributed by atoms with Crippen molar-refractivity contribution in [2.24, 2.45) is 29.1 Å². The van der Waals surface area contributed by atoms with Gasteiger partial charge in [0.2, 0.25) is 5.91 Å². The molecule has 4 saturated carbocycles. The van der Waals surface area contributed by atoms with Crippen LogP contribution in [0.4, 0.5) is 0 Å². The SMILES string of the molecule is O=C(NC1C2CCOC2C12CCCC2)C1CC2CCCC(C1)C2=O. The third kappa shape index (κ3) is 2.07. The highest BCUT2D eigenvalue weighted by Gasteiger charge is 2.65. The molecule has 4 nitrogen and oxygen atoms in total. The van der Waals surface area contributed by atoms with E-state index in [4.69, 9.17) is 4.74 Å². The Hall–Kier alpha value is -0.900. The van der Waals surface area contributed by atoms with Crippen molar-refractivity contribution < 1.29 is 14.3 Å². The molecule has 1 N–H and O–H groups in total. The molecule has 5 fully saturated rings. The van der Waals surface area contributed by atoms with Crippen molar-refractivity contribution in [2.45, 2.75) is 76.4 Å². The Morgan fingerprint density at radius 3 is 2.46 bits per heavy atom. The van der Waals surface area contributed by atoms with Gasteiger partial charge in [-0.1, -0.05) is 19.3 Å². The van der Waals surface area contributed by atoms with Crippen LogP contribution in [-0.2, 0) is 14.3 Å². The third-order valence-corrected chi connectivity index (χ3v) is 8.00. The van der Waals surface area contributed by atoms with Gasteiger partial charge in [-0.15, -0.1) is 0 Å². The number of fused-ring (bicyclic) bond motifs is 4. The minimum atomic E-state index is 0.0674. The maximum atomic E-state index is 13.0. The summed E-state index contributed by atoms with van der Waals surface area (Å²) in [5.74, 6) is 1.62. The van der Waals surface area contributed by atoms with E-state index in [1.54, 1.807) is 0 Å². The Kier molecular flexibility index (Phi) is 3.55. The van der Waals surface area contributed by atoms with Crippen molar-refractivity contribution in [1.29, 1.82) is 0 Å². The Morgan fingerprint density at radius 2 is 1.75 bits per heavy atom. The molecule has 5 aliphatic rings. The summed E-state index contributed by atoms with van der Waals surface area (Å²) in [4.78, 5) is 25.3. The number of rotatable bonds is 2. The predicted molar refractivity (Wildman–Crippen MR) is 89.2 cm³/mol. The molecule has 0 aromatic carbocycles. The zero-order chi connectivity index (χ0) is 16.3. The average molecular weight is 331 g/mol. The molecule has 1 heterocycles. The van der Waals surface area contributed by atoms with Gasteiger partial charge in [-0.05, 0) is 44.9 Å². The fourth-order valence-electron chi connectivity index (χ4n) is 6.87. The lowest BCUT2D eigenvalue weighted by atomic mass is 9.54. The number of hydrogen-bond donors (Lipinski definition) is 1. The van der Waals surface area contributed by atoms with Crippen LogP contribution in [0.25, 0.3) is 0 Å². The van der Waals surface area contributed by atoms with E-state index in [-0.39, 0.29) is 29.1 Å². The van der Waals surface area contributed by atoms with Gasteiger partial charge in [-0.25, -0.2) is 0 Å². The number of amides is 1. The van der Waals surface area contributed by atoms with Crippen LogP contribution in [0.5, 0.6) is 0 Å². The largest absolute Gasteiger partial charge is 0.377 e. The molecule has 1 spiro atoms. The van der Waals surface area contributed by atoms with Crippen molar-refractivity contribution in [3.8, 4) is 0 Å². The normalized spacial score (nSPS) is 45.8. The smallest absolute Gasteiger partial charge is 0.223 e. The van der Waals surface area contributed by atoms with Crippen LogP contribution in [0.1, 0.15) is 64.2 Å². The minimum absolute atomic E-state index is 0.0674. The van der Waals surface area contributed by atoms with Gasteiger partial charge in [0.05, 0.1) is 6.10 Å². The van der Waals surface area contributed by atoms with Crippen molar-refractivity contribution in [3.63, 3.8) is 0 Å². The second-order valence-electron chi connectivity index (χ2n) is 9.07. The summed E-state index contributed by atoms with van der Waals surface area (Å²) in [5.41, 5.74) is 0.233. The number of carbonyl (C=O) groups excluding carboxylic acids is 2. The van der Waals surface area contributed by atoms with Crippen LogP contribution >= 0.6 is 0 Å². The van der Waals surface area contributed by atoms with Crippen LogP contribution in [-0.4, -0.2) is 30.4 Å². The first-order valence-corrected chi connectivity index (χ1v) is 10.1. The molecule has 0 aromatic heterocycles. The average Bonchev–Trinajstić information content (AvgIpc) is 3.21. The standard InChI is InChI=1S/C20H29NO3/c22-16-12-4-3-5-13(16)11-14(10-12)19(23)21-17-15-6-9-24-18(15)20(17)7-1-2-8-20/h12-15,17-18H,1-11H2,(H,21,23). The Morgan fingerprint density at radius 1 is 1.04 bits per heavy atom. The van der Waals surface area contributed by atoms with Crippen LogP contribution < -0.4 is 5.32 Å². The fraction of sp³-hybridized carbons (Fsp3) is 0.900. The first-order chi connectivity index (χ1) is 11.7. The van der Waals surface area contributed by atoms with Gasteiger partial charge in [0.15, 0.2) is 0 Å². The zero-order valence-electron chi connectivity index (χ0n) is 14.5. The van der Waals surface area contributed by atoms with Crippen LogP contribution in [0.15, 0.2) is 0 Å². The van der Waals surface area contributed by atoms with Crippen molar-refractivity contribution in [3.05, 3.63) is 0 Å². The molecule has 0 radical (unpaired) electrons. The number of ether oxygens (including phenoxy) is 1. The van der Waals surface area contributed by atoms with Gasteiger partial charge in [0.1, 0.15) is 5.78 Å². The molecule has 1 amide bonds. The summed E-state index contributed by atoms with van der Waals surface area (Å²) >= 11 is 0. The molecule has 1 saturated heterocycles. The van der Waals surface area contributed by atoms with Crippen molar-refractivity contribution in [1.82, 2.24) is 5.32 Å². The maximum Gasteiger partial charge on any atom is 0.223 e. The number of carbonyl (C=O) groups is 2. The molecular weight excluding hydrogens is 302 g/mol. The number of hydrogen-bond acceptors (Lipinski definition) is 3. The van der Waals surface area contributed by atoms with E-state index in [0.29, 0.717) is 23.8 Å². The first kappa shape index (κ1) is 15.4. The third-order valence-electron chi connectivity index (χ3n) is 8.00. The van der Waals surface area contributed by atoms with Gasteiger partial charge in [0.25, 0.3) is 0 Å². The molecular formula is C20H29NO3. The topological polar surface area (TPSA) is 55.4 Å². The van der Waals surface area contributed by atoms with Gasteiger partial charge < -0.3 is 10.1 Å². The lowest BCUT2D eigenvalue weighted by Gasteiger charge is -2.57. The minimum Gasteiger partial charge on any atom is -0.377 e. The highest BCUT2D eigenvalue weighted by molar-refractivity contribution is 5.88. The Bertz CT molecular complexity index is 537. The van der Waals surface area contributed by atoms with E-state index in [0.717, 1.165) is 38.7 Å². The van der Waals surface area contributed by atoms with E-state index < -0.39 is 0 Å². The monoisotopic (exact) mass is 331 g/mol. The molecule has 2 bridgehead atoms. The van der Waals surface area contributed by atoms with Gasteiger partial charge in [-0.2, -0.15) is 0 Å². The molecule has 5 atom stereocenters. The number of ketones is 1. The van der Waals surface area contributed by atoms with Crippen molar-refractivity contribution in [2.75, 3.05) is 6.61 Å². The molecule has 0 aromatic rings. The molecule has 4 aliphatic carbocycles. The summed E-state index contributed by atoms with van der Waals surface area (Å²) < 4.78 is 6.03. The summed E-state index contributed by atoms with van der Waals surface area (Å²) in [5, 5.41) is 3.46. The lowest BCUT2D eigenvalue weighted by Crippen LogP contribution is -2.68. The quantitative estimate of drug-likeness (QED) is 0.846. The Balaban J connectivity index is 1.29. The molecule has 5 unspecified atom stereocenters. The summed E-state index contributed by atoms with van der Waals surface area (Å²) in [6.07, 6.45) is 11.3. The summed E-state index contributed by atoms with van der Waals surface area (Å²) in [7, 11) is 0. The number of nitrogens with one attached hydrogen (secondary N) is 1. The zero-order valence-corrected chi connectivity index (χ0v) is 14.5. The molecule has 24 heavy (non-hydrogen) atoms. The van der Waals surface area contributed by atoms with E-state index in [2.05, 4.69) is 5.32 Å². The molecule has 5 rings (SSSR count). The summed E-state index contributed by atoms with van der Waals surface area (Å²) in [6, 6.07) is 0.331. The van der Waals surface area contributed by atoms with E-state index in [9.17, 15) is 9.59 Å². The highest BCUT2D eigenvalue weighted by atomic mass is 16.5. The first-order valence-electron chi connectivity index (χ1n) is 10.1. The highest BCUT2D eigenvalue weighted by Crippen LogP contribution is 2.60. The summed E-state index contributed by atoms with van der Waals surface area (Å²) in [6.45, 7) is 0.867. The predicted octanol–water partition coefficient (Wildman–Crippen LogP) is 2.85. The van der Waals surface area contributed by atoms with Crippen LogP contribution in [0.3, 0.4) is 0 Å². The number of Topliss-reactive ketones (excluding diaryl/α,β-unsaturated/α-hetero) is 1. The van der Waals surface area contributed by atoms with Crippen molar-refractivity contribution >= 4 is 11.7 Å². The second-order valence-corrected chi connectivity index (χ2v) is 9.07. The molecule has 4 heteroatoms. The van der Waals surface area contributed by atoms with E-state index in [1.165, 1.54) is 32.1 Å². The Labute approximate surface area is 144 Å². The van der Waals surface area contributed by atoms with Gasteiger partial charge in [0, 0.05) is 41.7 Å². The van der Waals surface area contributed by atoms with Crippen LogP contribution in [0.2, 0.25) is 0 Å². The van der Waals surface area contributed by atoms with Gasteiger partial charge in [-0.3, -0.25) is 9.59 Å². The molecule has 1 aliphatic heterocycles. The molecule has 132 valence electrons. The van der Waals surface area contributed by atoms with Crippen LogP contribution in [0, 0.1) is 29.1 Å². The maximum absolute atomic E-state index is 13.0. The lowest BCUT2D eigenvalue weighted by molar-refractivity contribution is -0.151. The van der Waals surface area contributed by atoms with Gasteiger partial charge >= 0.3 is 0 Å². The van der Waals surface area contributed by atoms with E-state index in [1.807, 2.05) is 0 Å².